The van der Waals surface area contributed by atoms with E-state index in [4.69, 9.17) is 14.2 Å². The third-order valence-electron chi connectivity index (χ3n) is 7.16. The number of anilines is 1. The maximum atomic E-state index is 12.7. The quantitative estimate of drug-likeness (QED) is 0.301. The van der Waals surface area contributed by atoms with E-state index >= 15 is 0 Å². The summed E-state index contributed by atoms with van der Waals surface area (Å²) in [5.74, 6) is 1.44. The fourth-order valence-corrected chi connectivity index (χ4v) is 5.27. The first kappa shape index (κ1) is 26.0. The summed E-state index contributed by atoms with van der Waals surface area (Å²) in [7, 11) is 2.15. The molecule has 4 aromatic rings. The molecule has 2 aliphatic heterocycles. The lowest BCUT2D eigenvalue weighted by Crippen LogP contribution is -3.06. The van der Waals surface area contributed by atoms with Crippen LogP contribution in [0.3, 0.4) is 0 Å². The Bertz CT molecular complexity index is 1400. The lowest BCUT2D eigenvalue weighted by molar-refractivity contribution is -0.908. The molecule has 0 spiro atoms. The molecule has 10 nitrogen and oxygen atoms in total. The number of amides is 2. The summed E-state index contributed by atoms with van der Waals surface area (Å²) in [5.41, 5.74) is 2.87. The van der Waals surface area contributed by atoms with Crippen LogP contribution >= 0.6 is 0 Å². The smallest absolute Gasteiger partial charge is 0.319 e. The van der Waals surface area contributed by atoms with Crippen LogP contribution in [0.1, 0.15) is 17.3 Å². The molecule has 206 valence electrons. The van der Waals surface area contributed by atoms with Gasteiger partial charge in [0, 0.05) is 11.3 Å². The average molecular weight is 542 g/mol. The van der Waals surface area contributed by atoms with Gasteiger partial charge in [-0.3, -0.25) is 0 Å². The SMILES string of the molecule is C[NH+](Cc1ccccc1)Cc1cn([C@H]2CO[C@H]3[C@@H]2OC[C@@H]3NC(=O)Nc2ccc(Oc3ccccc3)cc2)nn1. The minimum atomic E-state index is -0.314. The van der Waals surface area contributed by atoms with Crippen LogP contribution in [0.2, 0.25) is 0 Å². The molecular weight excluding hydrogens is 508 g/mol. The fourth-order valence-electron chi connectivity index (χ4n) is 5.27. The molecule has 10 heteroatoms. The van der Waals surface area contributed by atoms with Crippen molar-refractivity contribution in [1.29, 1.82) is 0 Å². The van der Waals surface area contributed by atoms with Crippen LogP contribution < -0.4 is 20.3 Å². The minimum Gasteiger partial charge on any atom is -0.457 e. The van der Waals surface area contributed by atoms with Crippen molar-refractivity contribution in [2.24, 2.45) is 0 Å². The standard InChI is InChI=1S/C30H32N6O4/c1-35(16-21-8-4-2-5-9-21)17-23-18-36(34-33-23)27-20-39-28-26(19-38-29(27)28)32-30(37)31-22-12-14-25(15-13-22)40-24-10-6-3-7-11-24/h2-15,18,26-29H,16-17,19-20H2,1H3,(H2,31,32,37)/p+1/t26-,27-,28+,29+/m0/s1. The maximum absolute atomic E-state index is 12.7. The van der Waals surface area contributed by atoms with E-state index < -0.39 is 0 Å². The van der Waals surface area contributed by atoms with E-state index in [9.17, 15) is 4.79 Å². The lowest BCUT2D eigenvalue weighted by atomic mass is 10.1. The van der Waals surface area contributed by atoms with E-state index in [0.717, 1.165) is 24.5 Å². The third-order valence-corrected chi connectivity index (χ3v) is 7.16. The number of hydrogen-bond acceptors (Lipinski definition) is 6. The van der Waals surface area contributed by atoms with Crippen molar-refractivity contribution >= 4 is 11.7 Å². The number of rotatable bonds is 9. The molecule has 1 unspecified atom stereocenters. The molecule has 3 aromatic carbocycles. The number of ether oxygens (including phenoxy) is 3. The number of fused-ring (bicyclic) bond motifs is 1. The van der Waals surface area contributed by atoms with Crippen molar-refractivity contribution in [2.45, 2.75) is 37.4 Å². The molecule has 40 heavy (non-hydrogen) atoms. The summed E-state index contributed by atoms with van der Waals surface area (Å²) in [6.45, 7) is 2.50. The van der Waals surface area contributed by atoms with Gasteiger partial charge in [-0.05, 0) is 36.4 Å². The molecule has 6 rings (SSSR count). The van der Waals surface area contributed by atoms with Gasteiger partial charge in [-0.1, -0.05) is 53.7 Å². The van der Waals surface area contributed by atoms with Crippen LogP contribution in [0.4, 0.5) is 10.5 Å². The van der Waals surface area contributed by atoms with Gasteiger partial charge in [-0.15, -0.1) is 5.10 Å². The Morgan fingerprint density at radius 2 is 1.62 bits per heavy atom. The first-order chi connectivity index (χ1) is 19.6. The number of urea groups is 1. The van der Waals surface area contributed by atoms with Gasteiger partial charge >= 0.3 is 6.03 Å². The Morgan fingerprint density at radius 1 is 0.925 bits per heavy atom. The molecule has 0 radical (unpaired) electrons. The molecular formula is C30H33N6O4+. The summed E-state index contributed by atoms with van der Waals surface area (Å²) in [5, 5.41) is 14.6. The van der Waals surface area contributed by atoms with E-state index in [1.165, 1.54) is 10.5 Å². The monoisotopic (exact) mass is 541 g/mol. The molecule has 5 atom stereocenters. The van der Waals surface area contributed by atoms with Crippen LogP contribution in [0.5, 0.6) is 11.5 Å². The molecule has 2 saturated heterocycles. The molecule has 2 aliphatic rings. The second-order valence-electron chi connectivity index (χ2n) is 10.3. The Morgan fingerprint density at radius 3 is 2.40 bits per heavy atom. The highest BCUT2D eigenvalue weighted by Crippen LogP contribution is 2.34. The van der Waals surface area contributed by atoms with Gasteiger partial charge in [0.15, 0.2) is 0 Å². The van der Waals surface area contributed by atoms with Crippen molar-refractivity contribution in [3.05, 3.63) is 102 Å². The summed E-state index contributed by atoms with van der Waals surface area (Å²) in [6, 6.07) is 26.5. The highest BCUT2D eigenvalue weighted by atomic mass is 16.6. The predicted molar refractivity (Wildman–Crippen MR) is 148 cm³/mol. The molecule has 0 aliphatic carbocycles. The topological polar surface area (TPSA) is 104 Å². The van der Waals surface area contributed by atoms with Crippen molar-refractivity contribution in [3.63, 3.8) is 0 Å². The normalized spacial score (nSPS) is 22.4. The number of quaternary nitrogens is 1. The van der Waals surface area contributed by atoms with Crippen LogP contribution in [0.15, 0.2) is 91.1 Å². The van der Waals surface area contributed by atoms with Gasteiger partial charge in [0.1, 0.15) is 48.5 Å². The lowest BCUT2D eigenvalue weighted by Gasteiger charge is -2.18. The van der Waals surface area contributed by atoms with Crippen molar-refractivity contribution < 1.29 is 23.9 Å². The zero-order valence-electron chi connectivity index (χ0n) is 22.3. The molecule has 0 bridgehead atoms. The first-order valence-corrected chi connectivity index (χ1v) is 13.5. The predicted octanol–water partition coefficient (Wildman–Crippen LogP) is 2.81. The van der Waals surface area contributed by atoms with Gasteiger partial charge in [0.25, 0.3) is 0 Å². The van der Waals surface area contributed by atoms with Crippen molar-refractivity contribution in [3.8, 4) is 11.5 Å². The zero-order valence-corrected chi connectivity index (χ0v) is 22.3. The van der Waals surface area contributed by atoms with E-state index in [2.05, 4.69) is 52.3 Å². The molecule has 1 aromatic heterocycles. The maximum Gasteiger partial charge on any atom is 0.319 e. The summed E-state index contributed by atoms with van der Waals surface area (Å²) in [4.78, 5) is 14.1. The van der Waals surface area contributed by atoms with Gasteiger partial charge in [0.05, 0.1) is 32.5 Å². The second-order valence-corrected chi connectivity index (χ2v) is 10.3. The highest BCUT2D eigenvalue weighted by Gasteiger charge is 2.49. The Labute approximate surface area is 232 Å². The number of para-hydroxylation sites is 1. The molecule has 0 saturated carbocycles. The average Bonchev–Trinajstić information content (AvgIpc) is 3.69. The van der Waals surface area contributed by atoms with Crippen LogP contribution in [-0.2, 0) is 22.6 Å². The van der Waals surface area contributed by atoms with Crippen molar-refractivity contribution in [1.82, 2.24) is 20.3 Å². The van der Waals surface area contributed by atoms with E-state index in [1.807, 2.05) is 59.4 Å². The zero-order chi connectivity index (χ0) is 27.3. The largest absolute Gasteiger partial charge is 0.457 e. The number of carbonyl (C=O) groups is 1. The number of hydrogen-bond donors (Lipinski definition) is 3. The third kappa shape index (κ3) is 6.15. The summed E-state index contributed by atoms with van der Waals surface area (Å²) < 4.78 is 19.8. The number of nitrogens with zero attached hydrogens (tertiary/aromatic N) is 3. The number of benzene rings is 3. The van der Waals surface area contributed by atoms with Gasteiger partial charge in [0.2, 0.25) is 0 Å². The van der Waals surface area contributed by atoms with Crippen molar-refractivity contribution in [2.75, 3.05) is 25.6 Å². The molecule has 2 fully saturated rings. The second kappa shape index (κ2) is 11.9. The van der Waals surface area contributed by atoms with Gasteiger partial charge in [-0.25, -0.2) is 9.48 Å². The fraction of sp³-hybridized carbons (Fsp3) is 0.300. The summed E-state index contributed by atoms with van der Waals surface area (Å²) >= 11 is 0. The molecule has 3 N–H and O–H groups in total. The van der Waals surface area contributed by atoms with Gasteiger partial charge in [-0.2, -0.15) is 0 Å². The van der Waals surface area contributed by atoms with Gasteiger partial charge < -0.3 is 29.7 Å². The van der Waals surface area contributed by atoms with Crippen LogP contribution in [-0.4, -0.2) is 59.5 Å². The first-order valence-electron chi connectivity index (χ1n) is 13.5. The van der Waals surface area contributed by atoms with E-state index in [-0.39, 0.29) is 30.3 Å². The number of carbonyl (C=O) groups excluding carboxylic acids is 1. The van der Waals surface area contributed by atoms with E-state index in [0.29, 0.717) is 24.7 Å². The molecule has 3 heterocycles. The highest BCUT2D eigenvalue weighted by molar-refractivity contribution is 5.89. The Hall–Kier alpha value is -4.25. The number of nitrogens with one attached hydrogen (secondary N) is 3. The Kier molecular flexibility index (Phi) is 7.71. The van der Waals surface area contributed by atoms with E-state index in [1.54, 1.807) is 12.1 Å². The molecule has 2 amide bonds. The van der Waals surface area contributed by atoms with Crippen LogP contribution in [0.25, 0.3) is 0 Å². The minimum absolute atomic E-state index is 0.0901. The number of aromatic nitrogens is 3. The van der Waals surface area contributed by atoms with Crippen LogP contribution in [0, 0.1) is 0 Å². The Balaban J connectivity index is 0.992. The summed E-state index contributed by atoms with van der Waals surface area (Å²) in [6.07, 6.45) is 1.52.